The molecule has 1 aromatic heterocycles. The zero-order chi connectivity index (χ0) is 19.7. The van der Waals surface area contributed by atoms with Crippen LogP contribution in [-0.2, 0) is 11.2 Å². The third kappa shape index (κ3) is 3.57. The number of hydrogen-bond donors (Lipinski definition) is 0. The number of benzene rings is 2. The van der Waals surface area contributed by atoms with Crippen LogP contribution in [0.15, 0.2) is 59.4 Å². The molecule has 0 spiro atoms. The fourth-order valence-corrected chi connectivity index (χ4v) is 3.64. The molecule has 144 valence electrons. The van der Waals surface area contributed by atoms with Gasteiger partial charge in [-0.1, -0.05) is 42.5 Å². The van der Waals surface area contributed by atoms with Gasteiger partial charge in [-0.3, -0.25) is 14.2 Å². The highest BCUT2D eigenvalue weighted by Crippen LogP contribution is 2.35. The van der Waals surface area contributed by atoms with Crippen molar-refractivity contribution in [3.8, 4) is 0 Å². The van der Waals surface area contributed by atoms with Crippen LogP contribution in [0, 0.1) is 0 Å². The Morgan fingerprint density at radius 1 is 1.14 bits per heavy atom. The molecule has 0 aliphatic heterocycles. The number of aryl methyl sites for hydroxylation is 1. The van der Waals surface area contributed by atoms with Crippen molar-refractivity contribution >= 4 is 16.8 Å². The van der Waals surface area contributed by atoms with Crippen molar-refractivity contribution < 1.29 is 4.79 Å². The monoisotopic (exact) mass is 375 g/mol. The lowest BCUT2D eigenvalue weighted by Crippen LogP contribution is -2.31. The van der Waals surface area contributed by atoms with Crippen molar-refractivity contribution in [1.82, 2.24) is 14.5 Å². The molecule has 0 radical (unpaired) electrons. The van der Waals surface area contributed by atoms with E-state index in [2.05, 4.69) is 0 Å². The minimum Gasteiger partial charge on any atom is -0.339 e. The van der Waals surface area contributed by atoms with Crippen LogP contribution in [-0.4, -0.2) is 27.4 Å². The van der Waals surface area contributed by atoms with Gasteiger partial charge >= 0.3 is 0 Å². The number of rotatable bonds is 6. The summed E-state index contributed by atoms with van der Waals surface area (Å²) in [6, 6.07) is 17.7. The number of amides is 1. The second-order valence-electron chi connectivity index (χ2n) is 7.54. The van der Waals surface area contributed by atoms with Crippen LogP contribution < -0.4 is 5.56 Å². The van der Waals surface area contributed by atoms with E-state index in [0.29, 0.717) is 23.7 Å². The highest BCUT2D eigenvalue weighted by molar-refractivity contribution is 5.78. The van der Waals surface area contributed by atoms with Crippen molar-refractivity contribution in [2.24, 2.45) is 0 Å². The Bertz CT molecular complexity index is 1050. The third-order valence-corrected chi connectivity index (χ3v) is 5.61. The minimum absolute atomic E-state index is 0.00360. The quantitative estimate of drug-likeness (QED) is 0.657. The van der Waals surface area contributed by atoms with E-state index < -0.39 is 0 Å². The van der Waals surface area contributed by atoms with Crippen LogP contribution in [0.1, 0.15) is 49.7 Å². The first-order valence-corrected chi connectivity index (χ1v) is 9.87. The van der Waals surface area contributed by atoms with Gasteiger partial charge < -0.3 is 4.90 Å². The standard InChI is InChI=1S/C23H25N3O2/c1-16(17-8-4-3-5-9-17)25(2)22(27)15-14-21-24-20-11-7-6-10-19(20)23(28)26(21)18-12-13-18/h3-11,16,18H,12-15H2,1-2H3. The number of aromatic nitrogens is 2. The molecule has 1 heterocycles. The summed E-state index contributed by atoms with van der Waals surface area (Å²) in [6.45, 7) is 2.03. The van der Waals surface area contributed by atoms with E-state index in [1.807, 2.05) is 73.1 Å². The smallest absolute Gasteiger partial charge is 0.261 e. The molecule has 1 fully saturated rings. The molecule has 0 saturated heterocycles. The fraction of sp³-hybridized carbons (Fsp3) is 0.348. The molecule has 1 unspecified atom stereocenters. The number of hydrogen-bond acceptors (Lipinski definition) is 3. The Morgan fingerprint density at radius 2 is 1.82 bits per heavy atom. The van der Waals surface area contributed by atoms with Crippen LogP contribution in [0.25, 0.3) is 10.9 Å². The summed E-state index contributed by atoms with van der Waals surface area (Å²) in [5.74, 6) is 0.779. The molecular weight excluding hydrogens is 350 g/mol. The van der Waals surface area contributed by atoms with Crippen LogP contribution >= 0.6 is 0 Å². The molecule has 2 aromatic carbocycles. The van der Waals surface area contributed by atoms with Gasteiger partial charge in [-0.2, -0.15) is 0 Å². The lowest BCUT2D eigenvalue weighted by atomic mass is 10.1. The van der Waals surface area contributed by atoms with Crippen molar-refractivity contribution in [2.75, 3.05) is 7.05 Å². The van der Waals surface area contributed by atoms with Crippen molar-refractivity contribution in [1.29, 1.82) is 0 Å². The molecule has 1 saturated carbocycles. The van der Waals surface area contributed by atoms with E-state index in [1.165, 1.54) is 0 Å². The van der Waals surface area contributed by atoms with Gasteiger partial charge in [0.1, 0.15) is 5.82 Å². The molecule has 5 heteroatoms. The van der Waals surface area contributed by atoms with Gasteiger partial charge in [0.05, 0.1) is 16.9 Å². The minimum atomic E-state index is 0.00360. The summed E-state index contributed by atoms with van der Waals surface area (Å²) in [5.41, 5.74) is 1.83. The number of carbonyl (C=O) groups is 1. The summed E-state index contributed by atoms with van der Waals surface area (Å²) in [6.07, 6.45) is 2.82. The van der Waals surface area contributed by atoms with E-state index >= 15 is 0 Å². The number of carbonyl (C=O) groups excluding carboxylic acids is 1. The summed E-state index contributed by atoms with van der Waals surface area (Å²) < 4.78 is 1.82. The Balaban J connectivity index is 1.54. The van der Waals surface area contributed by atoms with Crippen LogP contribution in [0.2, 0.25) is 0 Å². The zero-order valence-corrected chi connectivity index (χ0v) is 16.3. The second-order valence-corrected chi connectivity index (χ2v) is 7.54. The van der Waals surface area contributed by atoms with E-state index in [1.54, 1.807) is 4.90 Å². The fourth-order valence-electron chi connectivity index (χ4n) is 3.64. The predicted octanol–water partition coefficient (Wildman–Crippen LogP) is 3.88. The lowest BCUT2D eigenvalue weighted by Gasteiger charge is -2.25. The topological polar surface area (TPSA) is 55.2 Å². The molecule has 28 heavy (non-hydrogen) atoms. The molecule has 0 N–H and O–H groups in total. The number of nitrogens with zero attached hydrogens (tertiary/aromatic N) is 3. The van der Waals surface area contributed by atoms with Crippen molar-refractivity contribution in [2.45, 2.75) is 44.7 Å². The average molecular weight is 375 g/mol. The molecule has 1 atom stereocenters. The van der Waals surface area contributed by atoms with Crippen LogP contribution in [0.5, 0.6) is 0 Å². The first-order valence-electron chi connectivity index (χ1n) is 9.87. The summed E-state index contributed by atoms with van der Waals surface area (Å²) >= 11 is 0. The van der Waals surface area contributed by atoms with Gasteiger partial charge in [0.2, 0.25) is 5.91 Å². The zero-order valence-electron chi connectivity index (χ0n) is 16.3. The maximum Gasteiger partial charge on any atom is 0.261 e. The highest BCUT2D eigenvalue weighted by Gasteiger charge is 2.28. The average Bonchev–Trinajstić information content (AvgIpc) is 3.56. The third-order valence-electron chi connectivity index (χ3n) is 5.61. The molecule has 3 aromatic rings. The van der Waals surface area contributed by atoms with Gasteiger partial charge in [-0.15, -0.1) is 0 Å². The normalized spacial score (nSPS) is 14.8. The van der Waals surface area contributed by atoms with E-state index in [9.17, 15) is 9.59 Å². The summed E-state index contributed by atoms with van der Waals surface area (Å²) in [4.78, 5) is 32.2. The van der Waals surface area contributed by atoms with E-state index in [-0.39, 0.29) is 23.6 Å². The van der Waals surface area contributed by atoms with Gasteiger partial charge in [0, 0.05) is 25.9 Å². The molecule has 1 aliphatic carbocycles. The molecule has 4 rings (SSSR count). The van der Waals surface area contributed by atoms with Crippen LogP contribution in [0.3, 0.4) is 0 Å². The predicted molar refractivity (Wildman–Crippen MR) is 110 cm³/mol. The second kappa shape index (κ2) is 7.58. The van der Waals surface area contributed by atoms with Gasteiger partial charge in [0.25, 0.3) is 5.56 Å². The van der Waals surface area contributed by atoms with Gasteiger partial charge in [-0.05, 0) is 37.5 Å². The van der Waals surface area contributed by atoms with Crippen molar-refractivity contribution in [3.63, 3.8) is 0 Å². The molecular formula is C23H25N3O2. The van der Waals surface area contributed by atoms with Gasteiger partial charge in [-0.25, -0.2) is 4.98 Å². The van der Waals surface area contributed by atoms with Crippen molar-refractivity contribution in [3.05, 3.63) is 76.3 Å². The summed E-state index contributed by atoms with van der Waals surface area (Å²) in [7, 11) is 1.84. The van der Waals surface area contributed by atoms with Gasteiger partial charge in [0.15, 0.2) is 0 Å². The lowest BCUT2D eigenvalue weighted by molar-refractivity contribution is -0.131. The van der Waals surface area contributed by atoms with Crippen LogP contribution in [0.4, 0.5) is 0 Å². The Hall–Kier alpha value is -2.95. The molecule has 1 aliphatic rings. The Labute approximate surface area is 164 Å². The molecule has 1 amide bonds. The maximum atomic E-state index is 12.9. The SMILES string of the molecule is CC(c1ccccc1)N(C)C(=O)CCc1nc2ccccc2c(=O)n1C1CC1. The highest BCUT2D eigenvalue weighted by atomic mass is 16.2. The largest absolute Gasteiger partial charge is 0.339 e. The number of fused-ring (bicyclic) bond motifs is 1. The first kappa shape index (κ1) is 18.4. The maximum absolute atomic E-state index is 12.9. The molecule has 5 nitrogen and oxygen atoms in total. The Morgan fingerprint density at radius 3 is 2.54 bits per heavy atom. The first-order chi connectivity index (χ1) is 13.6. The van der Waals surface area contributed by atoms with E-state index in [0.717, 1.165) is 24.2 Å². The van der Waals surface area contributed by atoms with E-state index in [4.69, 9.17) is 4.98 Å². The summed E-state index contributed by atoms with van der Waals surface area (Å²) in [5, 5.41) is 0.652. The number of para-hydroxylation sites is 1. The molecule has 0 bridgehead atoms. The Kier molecular flexibility index (Phi) is 4.99.